The van der Waals surface area contributed by atoms with E-state index in [4.69, 9.17) is 4.74 Å². The molecule has 0 aromatic carbocycles. The van der Waals surface area contributed by atoms with Gasteiger partial charge >= 0.3 is 0 Å². The van der Waals surface area contributed by atoms with E-state index in [1.165, 1.54) is 15.3 Å². The van der Waals surface area contributed by atoms with Crippen molar-refractivity contribution in [3.8, 4) is 0 Å². The molecular weight excluding hydrogens is 180 g/mol. The molecule has 0 atom stereocenters. The Morgan fingerprint density at radius 2 is 2.15 bits per heavy atom. The van der Waals surface area contributed by atoms with Gasteiger partial charge in [-0.15, -0.1) is 11.3 Å². The fourth-order valence-electron chi connectivity index (χ4n) is 1.52. The van der Waals surface area contributed by atoms with Crippen LogP contribution in [0.5, 0.6) is 0 Å². The molecule has 1 aliphatic heterocycles. The zero-order chi connectivity index (χ0) is 9.47. The number of hydrogen-bond donors (Lipinski definition) is 0. The molecule has 1 aromatic rings. The zero-order valence-electron chi connectivity index (χ0n) is 8.52. The molecule has 2 heteroatoms. The third-order valence-electron chi connectivity index (χ3n) is 2.37. The van der Waals surface area contributed by atoms with Gasteiger partial charge in [0.2, 0.25) is 0 Å². The Morgan fingerprint density at radius 3 is 2.77 bits per heavy atom. The van der Waals surface area contributed by atoms with E-state index in [1.54, 1.807) is 0 Å². The Bertz CT molecular complexity index is 283. The van der Waals surface area contributed by atoms with Crippen molar-refractivity contribution in [1.82, 2.24) is 0 Å². The van der Waals surface area contributed by atoms with Crippen LogP contribution in [0.3, 0.4) is 0 Å². The summed E-state index contributed by atoms with van der Waals surface area (Å²) in [6.07, 6.45) is 1.11. The van der Waals surface area contributed by atoms with Crippen LogP contribution in [0.2, 0.25) is 0 Å². The van der Waals surface area contributed by atoms with Gasteiger partial charge in [0.15, 0.2) is 0 Å². The molecule has 1 nitrogen and oxygen atoms in total. The predicted octanol–water partition coefficient (Wildman–Crippen LogP) is 3.12. The minimum atomic E-state index is 0.294. The Hall–Kier alpha value is -0.340. The lowest BCUT2D eigenvalue weighted by Gasteiger charge is -2.15. The highest BCUT2D eigenvalue weighted by Crippen LogP contribution is 2.34. The Balaban J connectivity index is 2.36. The van der Waals surface area contributed by atoms with Crippen molar-refractivity contribution < 1.29 is 4.74 Å². The molecule has 0 fully saturated rings. The van der Waals surface area contributed by atoms with Gasteiger partial charge in [-0.1, -0.05) is 20.8 Å². The molecule has 0 unspecified atom stereocenters. The van der Waals surface area contributed by atoms with Crippen LogP contribution in [0.4, 0.5) is 0 Å². The van der Waals surface area contributed by atoms with Gasteiger partial charge in [0.05, 0.1) is 13.2 Å². The lowest BCUT2D eigenvalue weighted by molar-refractivity contribution is 0.112. The van der Waals surface area contributed by atoms with Crippen LogP contribution >= 0.6 is 11.3 Å². The Morgan fingerprint density at radius 1 is 1.38 bits per heavy atom. The highest BCUT2D eigenvalue weighted by atomic mass is 32.1. The monoisotopic (exact) mass is 196 g/mol. The number of hydrogen-bond acceptors (Lipinski definition) is 2. The van der Waals surface area contributed by atoms with Crippen molar-refractivity contribution in [3.05, 3.63) is 21.4 Å². The van der Waals surface area contributed by atoms with Crippen LogP contribution in [0.25, 0.3) is 0 Å². The van der Waals surface area contributed by atoms with Crippen molar-refractivity contribution in [2.45, 2.75) is 39.2 Å². The van der Waals surface area contributed by atoms with Crippen molar-refractivity contribution >= 4 is 11.3 Å². The zero-order valence-corrected chi connectivity index (χ0v) is 9.33. The van der Waals surface area contributed by atoms with Crippen molar-refractivity contribution in [1.29, 1.82) is 0 Å². The van der Waals surface area contributed by atoms with E-state index in [0.717, 1.165) is 19.6 Å². The van der Waals surface area contributed by atoms with Crippen molar-refractivity contribution in [2.75, 3.05) is 6.61 Å². The van der Waals surface area contributed by atoms with Gasteiger partial charge in [0.1, 0.15) is 0 Å². The van der Waals surface area contributed by atoms with Crippen LogP contribution in [0, 0.1) is 0 Å². The molecule has 0 N–H and O–H groups in total. The Labute approximate surface area is 83.7 Å². The summed E-state index contributed by atoms with van der Waals surface area (Å²) in [5.74, 6) is 0. The van der Waals surface area contributed by atoms with Gasteiger partial charge in [-0.05, 0) is 17.0 Å². The van der Waals surface area contributed by atoms with E-state index in [-0.39, 0.29) is 0 Å². The summed E-state index contributed by atoms with van der Waals surface area (Å²) in [4.78, 5) is 3.03. The summed E-state index contributed by atoms with van der Waals surface area (Å²) in [7, 11) is 0. The fourth-order valence-corrected chi connectivity index (χ4v) is 2.72. The first kappa shape index (κ1) is 9.22. The average molecular weight is 196 g/mol. The van der Waals surface area contributed by atoms with E-state index in [9.17, 15) is 0 Å². The van der Waals surface area contributed by atoms with E-state index in [0.29, 0.717) is 5.41 Å². The van der Waals surface area contributed by atoms with Gasteiger partial charge in [0, 0.05) is 16.2 Å². The first-order valence-electron chi connectivity index (χ1n) is 4.77. The van der Waals surface area contributed by atoms with E-state index in [1.807, 2.05) is 11.3 Å². The van der Waals surface area contributed by atoms with Crippen LogP contribution < -0.4 is 0 Å². The normalized spacial score (nSPS) is 17.2. The summed E-state index contributed by atoms with van der Waals surface area (Å²) in [5, 5.41) is 0. The smallest absolute Gasteiger partial charge is 0.0727 e. The molecule has 0 radical (unpaired) electrons. The summed E-state index contributed by atoms with van der Waals surface area (Å²) >= 11 is 1.96. The second-order valence-electron chi connectivity index (χ2n) is 4.61. The largest absolute Gasteiger partial charge is 0.376 e. The number of thiophene rings is 1. The SMILES string of the molecule is CC(C)(C)c1cc2c(s1)CCOC2. The highest BCUT2D eigenvalue weighted by Gasteiger charge is 2.20. The second kappa shape index (κ2) is 3.10. The molecule has 2 rings (SSSR count). The lowest BCUT2D eigenvalue weighted by atomic mass is 9.94. The molecule has 0 spiro atoms. The molecule has 2 heterocycles. The predicted molar refractivity (Wildman–Crippen MR) is 56.4 cm³/mol. The number of fused-ring (bicyclic) bond motifs is 1. The van der Waals surface area contributed by atoms with Crippen LogP contribution in [0.1, 0.15) is 36.1 Å². The van der Waals surface area contributed by atoms with Crippen molar-refractivity contribution in [2.24, 2.45) is 0 Å². The molecule has 0 saturated carbocycles. The number of ether oxygens (including phenoxy) is 1. The fraction of sp³-hybridized carbons (Fsp3) is 0.636. The minimum absolute atomic E-state index is 0.294. The Kier molecular flexibility index (Phi) is 2.20. The third kappa shape index (κ3) is 1.79. The van der Waals surface area contributed by atoms with Crippen LogP contribution in [-0.4, -0.2) is 6.61 Å². The van der Waals surface area contributed by atoms with E-state index in [2.05, 4.69) is 26.8 Å². The summed E-state index contributed by atoms with van der Waals surface area (Å²) < 4.78 is 5.43. The van der Waals surface area contributed by atoms with Gasteiger partial charge < -0.3 is 4.74 Å². The van der Waals surface area contributed by atoms with Crippen LogP contribution in [-0.2, 0) is 23.2 Å². The van der Waals surface area contributed by atoms with Crippen LogP contribution in [0.15, 0.2) is 6.07 Å². The summed E-state index contributed by atoms with van der Waals surface area (Å²) in [6.45, 7) is 8.53. The summed E-state index contributed by atoms with van der Waals surface area (Å²) in [5.41, 5.74) is 1.71. The molecule has 1 aromatic heterocycles. The maximum Gasteiger partial charge on any atom is 0.0727 e. The van der Waals surface area contributed by atoms with Crippen molar-refractivity contribution in [3.63, 3.8) is 0 Å². The summed E-state index contributed by atoms with van der Waals surface area (Å²) in [6, 6.07) is 2.32. The molecule has 0 aliphatic carbocycles. The molecule has 72 valence electrons. The quantitative estimate of drug-likeness (QED) is 0.619. The maximum absolute atomic E-state index is 5.43. The standard InChI is InChI=1S/C11H16OS/c1-11(2,3)10-6-8-7-12-5-4-9(8)13-10/h6H,4-5,7H2,1-3H3. The first-order valence-corrected chi connectivity index (χ1v) is 5.59. The van der Waals surface area contributed by atoms with E-state index < -0.39 is 0 Å². The maximum atomic E-state index is 5.43. The molecule has 0 amide bonds. The molecular formula is C11H16OS. The second-order valence-corrected chi connectivity index (χ2v) is 5.75. The van der Waals surface area contributed by atoms with Gasteiger partial charge in [-0.3, -0.25) is 0 Å². The number of rotatable bonds is 0. The van der Waals surface area contributed by atoms with Gasteiger partial charge in [-0.2, -0.15) is 0 Å². The third-order valence-corrected chi connectivity index (χ3v) is 4.03. The minimum Gasteiger partial charge on any atom is -0.376 e. The molecule has 0 bridgehead atoms. The first-order chi connectivity index (χ1) is 6.07. The van der Waals surface area contributed by atoms with Gasteiger partial charge in [0.25, 0.3) is 0 Å². The van der Waals surface area contributed by atoms with Gasteiger partial charge in [-0.25, -0.2) is 0 Å². The lowest BCUT2D eigenvalue weighted by Crippen LogP contribution is -2.08. The average Bonchev–Trinajstić information content (AvgIpc) is 2.45. The highest BCUT2D eigenvalue weighted by molar-refractivity contribution is 7.12. The molecule has 13 heavy (non-hydrogen) atoms. The molecule has 0 saturated heterocycles. The topological polar surface area (TPSA) is 9.23 Å². The van der Waals surface area contributed by atoms with E-state index >= 15 is 0 Å². The molecule has 1 aliphatic rings.